The van der Waals surface area contributed by atoms with Crippen LogP contribution in [0.3, 0.4) is 0 Å². The van der Waals surface area contributed by atoms with Gasteiger partial charge in [0.1, 0.15) is 5.82 Å². The predicted octanol–water partition coefficient (Wildman–Crippen LogP) is 2.38. The zero-order valence-corrected chi connectivity index (χ0v) is 18.1. The number of sulfone groups is 1. The van der Waals surface area contributed by atoms with Crippen molar-refractivity contribution in [3.8, 4) is 11.8 Å². The van der Waals surface area contributed by atoms with Crippen LogP contribution in [0.25, 0.3) is 5.57 Å². The fourth-order valence-electron chi connectivity index (χ4n) is 3.36. The molecule has 1 aromatic carbocycles. The van der Waals surface area contributed by atoms with Gasteiger partial charge in [0.15, 0.2) is 14.6 Å². The number of carbonyl (C=O) groups excluding carboxylic acids is 1. The summed E-state index contributed by atoms with van der Waals surface area (Å²) in [6.07, 6.45) is 5.94. The molecule has 2 aliphatic rings. The van der Waals surface area contributed by atoms with Crippen LogP contribution in [0.2, 0.25) is 0 Å². The van der Waals surface area contributed by atoms with Gasteiger partial charge in [0.2, 0.25) is 0 Å². The van der Waals surface area contributed by atoms with Gasteiger partial charge >= 0.3 is 0 Å². The van der Waals surface area contributed by atoms with Crippen molar-refractivity contribution in [2.75, 3.05) is 25.9 Å². The van der Waals surface area contributed by atoms with Gasteiger partial charge < -0.3 is 0 Å². The van der Waals surface area contributed by atoms with Crippen molar-refractivity contribution in [1.29, 1.82) is 0 Å². The number of carbonyl (C=O) groups is 1. The summed E-state index contributed by atoms with van der Waals surface area (Å²) in [7, 11) is -3.71. The van der Waals surface area contributed by atoms with E-state index in [-0.39, 0.29) is 12.2 Å². The van der Waals surface area contributed by atoms with E-state index in [0.717, 1.165) is 30.2 Å². The lowest BCUT2D eigenvalue weighted by atomic mass is 9.97. The normalized spacial score (nSPS) is 19.3. The Balaban J connectivity index is 1.63. The third-order valence-corrected chi connectivity index (χ3v) is 7.95. The molecule has 0 aromatic heterocycles. The Labute approximate surface area is 177 Å². The molecule has 162 valence electrons. The summed E-state index contributed by atoms with van der Waals surface area (Å²) in [6, 6.07) is 5.12. The van der Waals surface area contributed by atoms with Crippen LogP contribution in [0.5, 0.6) is 0 Å². The van der Waals surface area contributed by atoms with Gasteiger partial charge in [-0.15, -0.1) is 0 Å². The number of hydrogen-bond donors (Lipinski definition) is 2. The SMILES string of the molecule is CC(CCN1CC=C(c2ccc(C#CC3CC3)c(F)c2)CC1)(C(=O)NO)S(C)(=O)=O. The summed E-state index contributed by atoms with van der Waals surface area (Å²) in [4.78, 5) is 14.0. The molecule has 1 aliphatic carbocycles. The lowest BCUT2D eigenvalue weighted by molar-refractivity contribution is -0.131. The fraction of sp³-hybridized carbons (Fsp3) is 0.500. The van der Waals surface area contributed by atoms with E-state index in [4.69, 9.17) is 5.21 Å². The standard InChI is InChI=1S/C22H27FN2O4S/c1-22(21(26)24-27,30(2,28)29)11-14-25-12-9-17(10-13-25)19-8-7-18(20(23)15-19)6-5-16-3-4-16/h7-9,15-16,27H,3-4,10-14H2,1-2H3,(H,24,26). The lowest BCUT2D eigenvalue weighted by Gasteiger charge is -2.31. The average molecular weight is 435 g/mol. The van der Waals surface area contributed by atoms with Gasteiger partial charge in [-0.2, -0.15) is 0 Å². The number of rotatable bonds is 6. The predicted molar refractivity (Wildman–Crippen MR) is 113 cm³/mol. The second kappa shape index (κ2) is 8.88. The van der Waals surface area contributed by atoms with Gasteiger partial charge in [-0.3, -0.25) is 14.9 Å². The lowest BCUT2D eigenvalue weighted by Crippen LogP contribution is -2.51. The molecule has 0 bridgehead atoms. The smallest absolute Gasteiger partial charge is 0.264 e. The first-order valence-corrected chi connectivity index (χ1v) is 11.9. The van der Waals surface area contributed by atoms with Crippen molar-refractivity contribution in [2.24, 2.45) is 5.92 Å². The van der Waals surface area contributed by atoms with Gasteiger partial charge in [-0.05, 0) is 55.9 Å². The first-order valence-electron chi connectivity index (χ1n) is 10.0. The summed E-state index contributed by atoms with van der Waals surface area (Å²) in [5, 5.41) is 8.91. The van der Waals surface area contributed by atoms with E-state index in [1.165, 1.54) is 18.5 Å². The fourth-order valence-corrected chi connectivity index (χ4v) is 4.20. The van der Waals surface area contributed by atoms with Crippen molar-refractivity contribution in [3.05, 3.63) is 41.2 Å². The van der Waals surface area contributed by atoms with Crippen molar-refractivity contribution < 1.29 is 22.8 Å². The molecule has 1 amide bonds. The third-order valence-electron chi connectivity index (χ3n) is 5.93. The van der Waals surface area contributed by atoms with Crippen LogP contribution < -0.4 is 5.48 Å². The largest absolute Gasteiger partial charge is 0.299 e. The molecule has 0 spiro atoms. The minimum absolute atomic E-state index is 0.0599. The number of nitrogens with one attached hydrogen (secondary N) is 1. The summed E-state index contributed by atoms with van der Waals surface area (Å²) in [5.41, 5.74) is 3.74. The molecule has 8 heteroatoms. The van der Waals surface area contributed by atoms with E-state index in [0.29, 0.717) is 37.5 Å². The maximum Gasteiger partial charge on any atom is 0.264 e. The molecule has 1 saturated carbocycles. The number of hydroxylamine groups is 1. The third kappa shape index (κ3) is 5.09. The van der Waals surface area contributed by atoms with Gasteiger partial charge in [-0.25, -0.2) is 18.3 Å². The molecule has 1 unspecified atom stereocenters. The zero-order chi connectivity index (χ0) is 21.9. The van der Waals surface area contributed by atoms with Crippen molar-refractivity contribution >= 4 is 21.3 Å². The quantitative estimate of drug-likeness (QED) is 0.408. The van der Waals surface area contributed by atoms with E-state index in [1.807, 2.05) is 17.0 Å². The Kier molecular flexibility index (Phi) is 6.65. The summed E-state index contributed by atoms with van der Waals surface area (Å²) in [6.45, 7) is 2.93. The Morgan fingerprint density at radius 3 is 2.67 bits per heavy atom. The molecule has 0 saturated heterocycles. The highest BCUT2D eigenvalue weighted by Crippen LogP contribution is 2.28. The zero-order valence-electron chi connectivity index (χ0n) is 17.2. The maximum atomic E-state index is 14.4. The maximum absolute atomic E-state index is 14.4. The van der Waals surface area contributed by atoms with Gasteiger partial charge in [0.05, 0.1) is 5.56 Å². The molecular weight excluding hydrogens is 407 g/mol. The van der Waals surface area contributed by atoms with Crippen LogP contribution in [0.1, 0.15) is 43.7 Å². The highest BCUT2D eigenvalue weighted by molar-refractivity contribution is 7.92. The van der Waals surface area contributed by atoms with E-state index in [9.17, 15) is 17.6 Å². The second-order valence-corrected chi connectivity index (χ2v) is 10.7. The number of benzene rings is 1. The van der Waals surface area contributed by atoms with Gasteiger partial charge in [0, 0.05) is 31.8 Å². The minimum Gasteiger partial charge on any atom is -0.299 e. The van der Waals surface area contributed by atoms with Gasteiger partial charge in [-0.1, -0.05) is 24.0 Å². The van der Waals surface area contributed by atoms with E-state index in [2.05, 4.69) is 11.8 Å². The van der Waals surface area contributed by atoms with Crippen LogP contribution >= 0.6 is 0 Å². The highest BCUT2D eigenvalue weighted by Gasteiger charge is 2.43. The van der Waals surface area contributed by atoms with Crippen molar-refractivity contribution in [1.82, 2.24) is 10.4 Å². The number of halogens is 1. The first-order chi connectivity index (χ1) is 14.1. The molecular formula is C22H27FN2O4S. The molecule has 2 N–H and O–H groups in total. The van der Waals surface area contributed by atoms with E-state index in [1.54, 1.807) is 6.07 Å². The van der Waals surface area contributed by atoms with Crippen LogP contribution in [0.15, 0.2) is 24.3 Å². The van der Waals surface area contributed by atoms with Crippen LogP contribution in [0, 0.1) is 23.6 Å². The number of amides is 1. The Morgan fingerprint density at radius 1 is 1.40 bits per heavy atom. The Morgan fingerprint density at radius 2 is 2.13 bits per heavy atom. The number of hydrogen-bond acceptors (Lipinski definition) is 5. The van der Waals surface area contributed by atoms with Crippen molar-refractivity contribution in [3.63, 3.8) is 0 Å². The minimum atomic E-state index is -3.71. The monoisotopic (exact) mass is 434 g/mol. The van der Waals surface area contributed by atoms with Crippen molar-refractivity contribution in [2.45, 2.75) is 37.4 Å². The molecule has 30 heavy (non-hydrogen) atoms. The topological polar surface area (TPSA) is 86.7 Å². The summed E-state index contributed by atoms with van der Waals surface area (Å²) < 4.78 is 36.8. The summed E-state index contributed by atoms with van der Waals surface area (Å²) >= 11 is 0. The van der Waals surface area contributed by atoms with Gasteiger partial charge in [0.25, 0.3) is 5.91 Å². The van der Waals surface area contributed by atoms with Crippen LogP contribution in [0.4, 0.5) is 4.39 Å². The molecule has 0 radical (unpaired) electrons. The van der Waals surface area contributed by atoms with Crippen LogP contribution in [-0.4, -0.2) is 55.1 Å². The molecule has 1 aromatic rings. The molecule has 1 fully saturated rings. The summed E-state index contributed by atoms with van der Waals surface area (Å²) in [5.74, 6) is 5.16. The molecule has 1 heterocycles. The molecule has 1 atom stereocenters. The Bertz CT molecular complexity index is 1020. The molecule has 1 aliphatic heterocycles. The highest BCUT2D eigenvalue weighted by atomic mass is 32.2. The first kappa shape index (κ1) is 22.5. The number of nitrogens with zero attached hydrogens (tertiary/aromatic N) is 1. The Hall–Kier alpha value is -2.21. The van der Waals surface area contributed by atoms with Crippen LogP contribution in [-0.2, 0) is 14.6 Å². The van der Waals surface area contributed by atoms with E-state index >= 15 is 0 Å². The van der Waals surface area contributed by atoms with E-state index < -0.39 is 20.5 Å². The molecule has 6 nitrogen and oxygen atoms in total. The second-order valence-electron chi connectivity index (χ2n) is 8.21. The average Bonchev–Trinajstić information content (AvgIpc) is 3.54. The molecule has 3 rings (SSSR count).